The third-order valence-corrected chi connectivity index (χ3v) is 3.29. The van der Waals surface area contributed by atoms with Gasteiger partial charge >= 0.3 is 5.97 Å². The predicted molar refractivity (Wildman–Crippen MR) is 76.2 cm³/mol. The quantitative estimate of drug-likeness (QED) is 0.895. The molecule has 0 aromatic heterocycles. The van der Waals surface area contributed by atoms with Gasteiger partial charge in [0.1, 0.15) is 5.82 Å². The van der Waals surface area contributed by atoms with E-state index in [0.29, 0.717) is 5.69 Å². The Labute approximate surface area is 117 Å². The second-order valence-corrected chi connectivity index (χ2v) is 4.90. The number of carboxylic acid groups (broad SMARTS) is 1. The molecule has 1 unspecified atom stereocenters. The second-order valence-electron chi connectivity index (χ2n) is 4.90. The second kappa shape index (κ2) is 5.33. The molecule has 0 aliphatic rings. The van der Waals surface area contributed by atoms with Gasteiger partial charge in [0.05, 0.1) is 0 Å². The van der Waals surface area contributed by atoms with E-state index in [4.69, 9.17) is 0 Å². The maximum atomic E-state index is 13.9. The molecule has 20 heavy (non-hydrogen) atoms. The Morgan fingerprint density at radius 3 is 2.30 bits per heavy atom. The van der Waals surface area contributed by atoms with Crippen LogP contribution >= 0.6 is 0 Å². The van der Waals surface area contributed by atoms with Crippen LogP contribution in [0.5, 0.6) is 0 Å². The first kappa shape index (κ1) is 14.1. The molecule has 4 heteroatoms. The largest absolute Gasteiger partial charge is 0.479 e. The topological polar surface area (TPSA) is 49.3 Å². The van der Waals surface area contributed by atoms with Crippen LogP contribution in [0.25, 0.3) is 0 Å². The molecule has 0 radical (unpaired) electrons. The van der Waals surface area contributed by atoms with Crippen molar-refractivity contribution in [1.82, 2.24) is 0 Å². The molecule has 2 aromatic carbocycles. The highest BCUT2D eigenvalue weighted by Gasteiger charge is 2.37. The number of carboxylic acids is 1. The van der Waals surface area contributed by atoms with Gasteiger partial charge in [-0.05, 0) is 32.0 Å². The number of rotatable bonds is 4. The van der Waals surface area contributed by atoms with Gasteiger partial charge < -0.3 is 10.4 Å². The minimum Gasteiger partial charge on any atom is -0.479 e. The summed E-state index contributed by atoms with van der Waals surface area (Å²) in [6.07, 6.45) is 0. The van der Waals surface area contributed by atoms with Crippen molar-refractivity contribution < 1.29 is 14.3 Å². The number of hydrogen-bond donors (Lipinski definition) is 2. The first-order valence-corrected chi connectivity index (χ1v) is 6.27. The number of benzene rings is 2. The van der Waals surface area contributed by atoms with Crippen molar-refractivity contribution >= 4 is 11.7 Å². The summed E-state index contributed by atoms with van der Waals surface area (Å²) in [5, 5.41) is 12.4. The third-order valence-electron chi connectivity index (χ3n) is 3.29. The van der Waals surface area contributed by atoms with Crippen LogP contribution in [0.3, 0.4) is 0 Å². The summed E-state index contributed by atoms with van der Waals surface area (Å²) in [5.41, 5.74) is 0.274. The Hall–Kier alpha value is -2.36. The van der Waals surface area contributed by atoms with E-state index >= 15 is 0 Å². The van der Waals surface area contributed by atoms with E-state index < -0.39 is 17.3 Å². The van der Waals surface area contributed by atoms with Gasteiger partial charge in [-0.3, -0.25) is 0 Å². The average Bonchev–Trinajstić information content (AvgIpc) is 2.41. The molecule has 0 saturated carbocycles. The fraction of sp³-hybridized carbons (Fsp3) is 0.188. The summed E-state index contributed by atoms with van der Waals surface area (Å²) in [6, 6.07) is 13.2. The summed E-state index contributed by atoms with van der Waals surface area (Å²) in [7, 11) is 0. The molecule has 2 rings (SSSR count). The van der Waals surface area contributed by atoms with Gasteiger partial charge in [0, 0.05) is 11.3 Å². The van der Waals surface area contributed by atoms with Crippen molar-refractivity contribution in [2.24, 2.45) is 0 Å². The van der Waals surface area contributed by atoms with E-state index in [1.165, 1.54) is 25.1 Å². The van der Waals surface area contributed by atoms with Crippen LogP contribution < -0.4 is 5.32 Å². The molecule has 2 N–H and O–H groups in total. The molecule has 0 aliphatic heterocycles. The maximum absolute atomic E-state index is 13.9. The van der Waals surface area contributed by atoms with Crippen molar-refractivity contribution in [1.29, 1.82) is 0 Å². The molecule has 1 atom stereocenters. The van der Waals surface area contributed by atoms with Crippen molar-refractivity contribution in [3.8, 4) is 0 Å². The number of halogens is 1. The smallest absolute Gasteiger partial charge is 0.333 e. The van der Waals surface area contributed by atoms with Crippen LogP contribution in [-0.4, -0.2) is 11.1 Å². The highest BCUT2D eigenvalue weighted by Crippen LogP contribution is 2.28. The van der Waals surface area contributed by atoms with Crippen LogP contribution in [0.4, 0.5) is 10.1 Å². The summed E-state index contributed by atoms with van der Waals surface area (Å²) in [6.45, 7) is 3.39. The molecule has 0 aliphatic carbocycles. The summed E-state index contributed by atoms with van der Waals surface area (Å²) < 4.78 is 13.9. The van der Waals surface area contributed by atoms with Crippen molar-refractivity contribution in [3.05, 3.63) is 65.5 Å². The van der Waals surface area contributed by atoms with E-state index in [-0.39, 0.29) is 5.56 Å². The van der Waals surface area contributed by atoms with E-state index in [0.717, 1.165) is 5.56 Å². The summed E-state index contributed by atoms with van der Waals surface area (Å²) in [5.74, 6) is -1.68. The van der Waals surface area contributed by atoms with Crippen LogP contribution in [0, 0.1) is 12.7 Å². The molecule has 104 valence electrons. The minimum atomic E-state index is -1.53. The Morgan fingerprint density at radius 2 is 1.75 bits per heavy atom. The molecule has 0 saturated heterocycles. The minimum absolute atomic E-state index is 0.105. The zero-order valence-corrected chi connectivity index (χ0v) is 11.4. The van der Waals surface area contributed by atoms with Crippen LogP contribution in [0.2, 0.25) is 0 Å². The molecule has 0 heterocycles. The molecule has 2 aromatic rings. The first-order valence-electron chi connectivity index (χ1n) is 6.27. The zero-order chi connectivity index (χ0) is 14.8. The first-order chi connectivity index (χ1) is 9.43. The standard InChI is InChI=1S/C16H16FNO2/c1-11-7-9-12(10-8-11)18-16(2,15(19)20)13-5-3-4-6-14(13)17/h3-10,18H,1-2H3,(H,19,20). The van der Waals surface area contributed by atoms with Gasteiger partial charge in [0.15, 0.2) is 5.54 Å². The Balaban J connectivity index is 2.43. The Morgan fingerprint density at radius 1 is 1.15 bits per heavy atom. The highest BCUT2D eigenvalue weighted by atomic mass is 19.1. The van der Waals surface area contributed by atoms with Crippen LogP contribution in [0.1, 0.15) is 18.1 Å². The van der Waals surface area contributed by atoms with Gasteiger partial charge in [-0.15, -0.1) is 0 Å². The lowest BCUT2D eigenvalue weighted by molar-refractivity contribution is -0.142. The molecule has 0 fully saturated rings. The SMILES string of the molecule is Cc1ccc(NC(C)(C(=O)O)c2ccccc2F)cc1. The molecular weight excluding hydrogens is 257 g/mol. The van der Waals surface area contributed by atoms with Crippen LogP contribution in [0.15, 0.2) is 48.5 Å². The van der Waals surface area contributed by atoms with E-state index in [2.05, 4.69) is 5.32 Å². The maximum Gasteiger partial charge on any atom is 0.333 e. The molecule has 3 nitrogen and oxygen atoms in total. The number of nitrogens with one attached hydrogen (secondary N) is 1. The average molecular weight is 273 g/mol. The summed E-state index contributed by atoms with van der Waals surface area (Å²) >= 11 is 0. The monoisotopic (exact) mass is 273 g/mol. The zero-order valence-electron chi connectivity index (χ0n) is 11.4. The lowest BCUT2D eigenvalue weighted by Gasteiger charge is -2.28. The fourth-order valence-electron chi connectivity index (χ4n) is 2.03. The number of carbonyl (C=O) groups is 1. The molecule has 0 bridgehead atoms. The molecule has 0 spiro atoms. The Kier molecular flexibility index (Phi) is 3.74. The highest BCUT2D eigenvalue weighted by molar-refractivity contribution is 5.84. The lowest BCUT2D eigenvalue weighted by Crippen LogP contribution is -2.41. The number of aryl methyl sites for hydroxylation is 1. The van der Waals surface area contributed by atoms with E-state index in [1.807, 2.05) is 19.1 Å². The van der Waals surface area contributed by atoms with Gasteiger partial charge in [0.2, 0.25) is 0 Å². The molecule has 0 amide bonds. The van der Waals surface area contributed by atoms with Crippen molar-refractivity contribution in [2.45, 2.75) is 19.4 Å². The number of aliphatic carboxylic acids is 1. The number of anilines is 1. The predicted octanol–water partition coefficient (Wildman–Crippen LogP) is 3.55. The van der Waals surface area contributed by atoms with Crippen molar-refractivity contribution in [3.63, 3.8) is 0 Å². The van der Waals surface area contributed by atoms with E-state index in [1.54, 1.807) is 18.2 Å². The fourth-order valence-corrected chi connectivity index (χ4v) is 2.03. The third kappa shape index (κ3) is 2.64. The van der Waals surface area contributed by atoms with Gasteiger partial charge in [0.25, 0.3) is 0 Å². The van der Waals surface area contributed by atoms with Gasteiger partial charge in [-0.1, -0.05) is 35.9 Å². The van der Waals surface area contributed by atoms with Gasteiger partial charge in [-0.2, -0.15) is 0 Å². The lowest BCUT2D eigenvalue weighted by atomic mass is 9.91. The Bertz CT molecular complexity index is 625. The summed E-state index contributed by atoms with van der Waals surface area (Å²) in [4.78, 5) is 11.6. The van der Waals surface area contributed by atoms with Crippen molar-refractivity contribution in [2.75, 3.05) is 5.32 Å². The van der Waals surface area contributed by atoms with Gasteiger partial charge in [-0.25, -0.2) is 9.18 Å². The van der Waals surface area contributed by atoms with Crippen LogP contribution in [-0.2, 0) is 10.3 Å². The number of hydrogen-bond acceptors (Lipinski definition) is 2. The van der Waals surface area contributed by atoms with E-state index in [9.17, 15) is 14.3 Å². The normalized spacial score (nSPS) is 13.6. The molecular formula is C16H16FNO2.